The highest BCUT2D eigenvalue weighted by Gasteiger charge is 2.23. The molecule has 0 atom stereocenters. The fraction of sp³-hybridized carbons (Fsp3) is 0.222. The van der Waals surface area contributed by atoms with Crippen LogP contribution in [0.4, 0.5) is 5.95 Å². The van der Waals surface area contributed by atoms with Crippen molar-refractivity contribution in [2.24, 2.45) is 0 Å². The standard InChI is InChI=1S/C18H17BrClN3O/c1-18(2,3)23-15-7-5-4-6-14(15)21-17(23)22-16(24)12-10-11(19)8-9-13(12)20/h4-10H,1-3H3,(H,21,22,24). The largest absolute Gasteiger partial charge is 0.305 e. The lowest BCUT2D eigenvalue weighted by molar-refractivity contribution is 0.102. The van der Waals surface area contributed by atoms with Crippen LogP contribution in [0.25, 0.3) is 11.0 Å². The van der Waals surface area contributed by atoms with Gasteiger partial charge in [-0.05, 0) is 51.1 Å². The molecule has 0 radical (unpaired) electrons. The number of amides is 1. The Morgan fingerprint density at radius 3 is 2.62 bits per heavy atom. The molecule has 0 fully saturated rings. The van der Waals surface area contributed by atoms with Gasteiger partial charge >= 0.3 is 0 Å². The third-order valence-electron chi connectivity index (χ3n) is 3.63. The van der Waals surface area contributed by atoms with Gasteiger partial charge in [-0.2, -0.15) is 0 Å². The smallest absolute Gasteiger partial charge is 0.259 e. The van der Waals surface area contributed by atoms with Gasteiger partial charge in [-0.1, -0.05) is 39.7 Å². The quantitative estimate of drug-likeness (QED) is 0.614. The predicted molar refractivity (Wildman–Crippen MR) is 102 cm³/mol. The lowest BCUT2D eigenvalue weighted by Gasteiger charge is -2.24. The van der Waals surface area contributed by atoms with Crippen LogP contribution in [0.2, 0.25) is 5.02 Å². The minimum Gasteiger partial charge on any atom is -0.305 e. The van der Waals surface area contributed by atoms with E-state index in [1.165, 1.54) is 0 Å². The fourth-order valence-corrected chi connectivity index (χ4v) is 3.19. The fourth-order valence-electron chi connectivity index (χ4n) is 2.63. The Morgan fingerprint density at radius 1 is 1.21 bits per heavy atom. The molecule has 0 saturated heterocycles. The summed E-state index contributed by atoms with van der Waals surface area (Å²) in [6, 6.07) is 13.0. The highest BCUT2D eigenvalue weighted by molar-refractivity contribution is 9.10. The van der Waals surface area contributed by atoms with Crippen LogP contribution < -0.4 is 5.32 Å². The van der Waals surface area contributed by atoms with Crippen molar-refractivity contribution in [1.82, 2.24) is 9.55 Å². The molecule has 3 rings (SSSR count). The zero-order valence-electron chi connectivity index (χ0n) is 13.6. The second kappa shape index (κ2) is 6.22. The Kier molecular flexibility index (Phi) is 4.40. The van der Waals surface area contributed by atoms with E-state index in [0.29, 0.717) is 16.5 Å². The minimum atomic E-state index is -0.290. The van der Waals surface area contributed by atoms with Crippen LogP contribution in [0.3, 0.4) is 0 Å². The van der Waals surface area contributed by atoms with Gasteiger partial charge in [0.05, 0.1) is 21.6 Å². The number of hydrogen-bond acceptors (Lipinski definition) is 2. The van der Waals surface area contributed by atoms with Gasteiger partial charge in [0.15, 0.2) is 0 Å². The lowest BCUT2D eigenvalue weighted by atomic mass is 10.1. The molecule has 0 aliphatic heterocycles. The minimum absolute atomic E-state index is 0.236. The van der Waals surface area contributed by atoms with Crippen molar-refractivity contribution in [3.63, 3.8) is 0 Å². The number of hydrogen-bond donors (Lipinski definition) is 1. The highest BCUT2D eigenvalue weighted by Crippen LogP contribution is 2.29. The first-order chi connectivity index (χ1) is 11.3. The van der Waals surface area contributed by atoms with Gasteiger partial charge in [-0.3, -0.25) is 10.1 Å². The molecule has 1 heterocycles. The number of rotatable bonds is 2. The predicted octanol–water partition coefficient (Wildman–Crippen LogP) is 5.46. The van der Waals surface area contributed by atoms with Gasteiger partial charge in [-0.15, -0.1) is 0 Å². The van der Waals surface area contributed by atoms with Crippen molar-refractivity contribution in [3.05, 3.63) is 57.5 Å². The first-order valence-corrected chi connectivity index (χ1v) is 8.69. The molecule has 0 spiro atoms. The van der Waals surface area contributed by atoms with Crippen molar-refractivity contribution >= 4 is 50.4 Å². The van der Waals surface area contributed by atoms with Gasteiger partial charge in [0.2, 0.25) is 5.95 Å². The second-order valence-electron chi connectivity index (χ2n) is 6.51. The van der Waals surface area contributed by atoms with E-state index in [2.05, 4.69) is 47.0 Å². The van der Waals surface area contributed by atoms with Crippen LogP contribution in [0, 0.1) is 0 Å². The molecule has 0 bridgehead atoms. The Hall–Kier alpha value is -1.85. The number of aromatic nitrogens is 2. The van der Waals surface area contributed by atoms with E-state index < -0.39 is 0 Å². The maximum atomic E-state index is 12.7. The SMILES string of the molecule is CC(C)(C)n1c(NC(=O)c2cc(Br)ccc2Cl)nc2ccccc21. The van der Waals surface area contributed by atoms with E-state index in [0.717, 1.165) is 15.5 Å². The average Bonchev–Trinajstić information content (AvgIpc) is 2.87. The Morgan fingerprint density at radius 2 is 1.92 bits per heavy atom. The van der Waals surface area contributed by atoms with Crippen molar-refractivity contribution < 1.29 is 4.79 Å². The molecule has 0 unspecified atom stereocenters. The number of carbonyl (C=O) groups excluding carboxylic acids is 1. The monoisotopic (exact) mass is 405 g/mol. The second-order valence-corrected chi connectivity index (χ2v) is 7.83. The molecule has 6 heteroatoms. The highest BCUT2D eigenvalue weighted by atomic mass is 79.9. The van der Waals surface area contributed by atoms with E-state index in [9.17, 15) is 4.79 Å². The number of anilines is 1. The van der Waals surface area contributed by atoms with E-state index in [1.807, 2.05) is 28.8 Å². The Balaban J connectivity index is 2.07. The normalized spacial score (nSPS) is 11.7. The van der Waals surface area contributed by atoms with Gasteiger partial charge in [0.25, 0.3) is 5.91 Å². The van der Waals surface area contributed by atoms with Crippen LogP contribution in [-0.4, -0.2) is 15.5 Å². The van der Waals surface area contributed by atoms with Gasteiger partial charge < -0.3 is 4.57 Å². The first-order valence-electron chi connectivity index (χ1n) is 7.52. The zero-order valence-corrected chi connectivity index (χ0v) is 15.9. The molecule has 24 heavy (non-hydrogen) atoms. The van der Waals surface area contributed by atoms with Crippen LogP contribution in [0.5, 0.6) is 0 Å². The topological polar surface area (TPSA) is 46.9 Å². The third-order valence-corrected chi connectivity index (χ3v) is 4.45. The van der Waals surface area contributed by atoms with E-state index in [1.54, 1.807) is 18.2 Å². The summed E-state index contributed by atoms with van der Waals surface area (Å²) in [6.07, 6.45) is 0. The molecule has 1 aromatic heterocycles. The summed E-state index contributed by atoms with van der Waals surface area (Å²) in [5.41, 5.74) is 1.97. The van der Waals surface area contributed by atoms with E-state index in [4.69, 9.17) is 11.6 Å². The number of imidazole rings is 1. The number of benzene rings is 2. The molecule has 4 nitrogen and oxygen atoms in total. The summed E-state index contributed by atoms with van der Waals surface area (Å²) >= 11 is 9.52. The number of nitrogens with one attached hydrogen (secondary N) is 1. The molecule has 1 N–H and O–H groups in total. The Labute approximate surface area is 154 Å². The van der Waals surface area contributed by atoms with Crippen LogP contribution in [0.1, 0.15) is 31.1 Å². The summed E-state index contributed by atoms with van der Waals surface area (Å²) in [5.74, 6) is 0.215. The van der Waals surface area contributed by atoms with Crippen molar-refractivity contribution in [1.29, 1.82) is 0 Å². The summed E-state index contributed by atoms with van der Waals surface area (Å²) in [7, 11) is 0. The number of nitrogens with zero attached hydrogens (tertiary/aromatic N) is 2. The number of halogens is 2. The third kappa shape index (κ3) is 3.19. The molecular weight excluding hydrogens is 390 g/mol. The molecular formula is C18H17BrClN3O. The number of fused-ring (bicyclic) bond motifs is 1. The molecule has 2 aromatic carbocycles. The summed E-state index contributed by atoms with van der Waals surface area (Å²) in [4.78, 5) is 17.2. The Bertz CT molecular complexity index is 928. The summed E-state index contributed by atoms with van der Waals surface area (Å²) in [6.45, 7) is 6.22. The van der Waals surface area contributed by atoms with Gasteiger partial charge in [-0.25, -0.2) is 4.98 Å². The van der Waals surface area contributed by atoms with Crippen molar-refractivity contribution in [2.45, 2.75) is 26.3 Å². The summed E-state index contributed by atoms with van der Waals surface area (Å²) < 4.78 is 2.81. The van der Waals surface area contributed by atoms with Gasteiger partial charge in [0.1, 0.15) is 0 Å². The van der Waals surface area contributed by atoms with Crippen molar-refractivity contribution in [3.8, 4) is 0 Å². The maximum absolute atomic E-state index is 12.7. The van der Waals surface area contributed by atoms with Crippen LogP contribution >= 0.6 is 27.5 Å². The molecule has 124 valence electrons. The van der Waals surface area contributed by atoms with E-state index in [-0.39, 0.29) is 11.4 Å². The zero-order chi connectivity index (χ0) is 17.5. The van der Waals surface area contributed by atoms with Crippen LogP contribution in [0.15, 0.2) is 46.9 Å². The molecule has 0 saturated carbocycles. The summed E-state index contributed by atoms with van der Waals surface area (Å²) in [5, 5.41) is 3.30. The average molecular weight is 407 g/mol. The number of carbonyl (C=O) groups is 1. The maximum Gasteiger partial charge on any atom is 0.259 e. The molecule has 1 amide bonds. The molecule has 0 aliphatic carbocycles. The lowest BCUT2D eigenvalue weighted by Crippen LogP contribution is -2.26. The van der Waals surface area contributed by atoms with Crippen molar-refractivity contribution in [2.75, 3.05) is 5.32 Å². The van der Waals surface area contributed by atoms with Crippen LogP contribution in [-0.2, 0) is 5.54 Å². The molecule has 3 aromatic rings. The van der Waals surface area contributed by atoms with Gasteiger partial charge in [0, 0.05) is 10.0 Å². The van der Waals surface area contributed by atoms with E-state index >= 15 is 0 Å². The first kappa shape index (κ1) is 17.0. The molecule has 0 aliphatic rings. The number of para-hydroxylation sites is 2.